The predicted octanol–water partition coefficient (Wildman–Crippen LogP) is 3.19. The number of aromatic nitrogens is 2. The smallest absolute Gasteiger partial charge is 0.201 e. The van der Waals surface area contributed by atoms with Crippen molar-refractivity contribution >= 4 is 17.0 Å². The van der Waals surface area contributed by atoms with Gasteiger partial charge in [0, 0.05) is 6.54 Å². The minimum atomic E-state index is -0.263. The first-order valence-electron chi connectivity index (χ1n) is 5.79. The summed E-state index contributed by atoms with van der Waals surface area (Å²) in [7, 11) is 0. The average molecular weight is 235 g/mol. The van der Waals surface area contributed by atoms with E-state index in [4.69, 9.17) is 5.73 Å². The zero-order chi connectivity index (χ0) is 12.6. The number of hydrogen-bond donors (Lipinski definition) is 1. The number of fused-ring (bicyclic) bond motifs is 1. The molecular formula is C13H18FN3. The van der Waals surface area contributed by atoms with Gasteiger partial charge < -0.3 is 10.3 Å². The molecule has 0 atom stereocenters. The third kappa shape index (κ3) is 2.40. The lowest BCUT2D eigenvalue weighted by molar-refractivity contribution is 0.353. The number of aryl methyl sites for hydroxylation is 1. The fourth-order valence-electron chi connectivity index (χ4n) is 1.83. The van der Waals surface area contributed by atoms with Gasteiger partial charge in [0.05, 0.1) is 5.52 Å². The number of nitrogens with two attached hydrogens (primary N) is 1. The molecule has 0 bridgehead atoms. The van der Waals surface area contributed by atoms with E-state index in [0.29, 0.717) is 23.5 Å². The van der Waals surface area contributed by atoms with Crippen molar-refractivity contribution in [2.75, 3.05) is 5.73 Å². The van der Waals surface area contributed by atoms with Crippen molar-refractivity contribution in [1.82, 2.24) is 9.55 Å². The molecule has 0 saturated carbocycles. The highest BCUT2D eigenvalue weighted by atomic mass is 19.1. The van der Waals surface area contributed by atoms with Crippen molar-refractivity contribution in [3.8, 4) is 0 Å². The Balaban J connectivity index is 2.42. The van der Waals surface area contributed by atoms with Crippen LogP contribution >= 0.6 is 0 Å². The van der Waals surface area contributed by atoms with E-state index in [1.54, 1.807) is 16.7 Å². The minimum absolute atomic E-state index is 0.189. The average Bonchev–Trinajstić information content (AvgIpc) is 2.51. The summed E-state index contributed by atoms with van der Waals surface area (Å²) in [5, 5.41) is 0. The van der Waals surface area contributed by atoms with Crippen LogP contribution in [0.15, 0.2) is 18.2 Å². The van der Waals surface area contributed by atoms with Gasteiger partial charge in [0.1, 0.15) is 11.3 Å². The van der Waals surface area contributed by atoms with Crippen molar-refractivity contribution < 1.29 is 4.39 Å². The Morgan fingerprint density at radius 2 is 2.06 bits per heavy atom. The topological polar surface area (TPSA) is 43.8 Å². The molecule has 1 heterocycles. The lowest BCUT2D eigenvalue weighted by Crippen LogP contribution is -2.12. The number of nitrogens with zero attached hydrogens (tertiary/aromatic N) is 2. The van der Waals surface area contributed by atoms with Gasteiger partial charge in [-0.1, -0.05) is 26.8 Å². The Bertz CT molecular complexity index is 537. The highest BCUT2D eigenvalue weighted by Crippen LogP contribution is 2.25. The zero-order valence-electron chi connectivity index (χ0n) is 10.5. The van der Waals surface area contributed by atoms with Crippen LogP contribution in [0.2, 0.25) is 0 Å². The normalized spacial score (nSPS) is 12.2. The summed E-state index contributed by atoms with van der Waals surface area (Å²) in [6, 6.07) is 4.87. The van der Waals surface area contributed by atoms with Gasteiger partial charge >= 0.3 is 0 Å². The molecule has 0 fully saturated rings. The van der Waals surface area contributed by atoms with Gasteiger partial charge in [-0.3, -0.25) is 0 Å². The number of rotatable bonds is 2. The summed E-state index contributed by atoms with van der Waals surface area (Å²) in [6.45, 7) is 7.14. The third-order valence-electron chi connectivity index (χ3n) is 2.83. The van der Waals surface area contributed by atoms with Crippen LogP contribution < -0.4 is 5.73 Å². The summed E-state index contributed by atoms with van der Waals surface area (Å²) in [4.78, 5) is 4.18. The van der Waals surface area contributed by atoms with E-state index in [0.717, 1.165) is 6.42 Å². The maximum absolute atomic E-state index is 13.8. The molecule has 0 unspecified atom stereocenters. The van der Waals surface area contributed by atoms with Gasteiger partial charge in [-0.05, 0) is 24.0 Å². The van der Waals surface area contributed by atoms with Crippen molar-refractivity contribution in [3.63, 3.8) is 0 Å². The SMILES string of the molecule is CC(C)(C)CCn1c(N)nc2cccc(F)c21. The molecule has 0 aliphatic heterocycles. The fraction of sp³-hybridized carbons (Fsp3) is 0.462. The van der Waals surface area contributed by atoms with Crippen LogP contribution in [0.1, 0.15) is 27.2 Å². The molecule has 0 amide bonds. The van der Waals surface area contributed by atoms with Gasteiger partial charge in [-0.2, -0.15) is 0 Å². The monoisotopic (exact) mass is 235 g/mol. The number of imidazole rings is 1. The van der Waals surface area contributed by atoms with E-state index in [1.165, 1.54) is 6.07 Å². The van der Waals surface area contributed by atoms with E-state index in [9.17, 15) is 4.39 Å². The molecule has 0 aliphatic carbocycles. The van der Waals surface area contributed by atoms with Crippen molar-refractivity contribution in [2.24, 2.45) is 5.41 Å². The molecule has 0 aliphatic rings. The van der Waals surface area contributed by atoms with Gasteiger partial charge in [0.2, 0.25) is 5.95 Å². The quantitative estimate of drug-likeness (QED) is 0.868. The number of para-hydroxylation sites is 1. The van der Waals surface area contributed by atoms with Crippen LogP contribution in [-0.4, -0.2) is 9.55 Å². The third-order valence-corrected chi connectivity index (χ3v) is 2.83. The first-order chi connectivity index (χ1) is 7.88. The van der Waals surface area contributed by atoms with Crippen molar-refractivity contribution in [1.29, 1.82) is 0 Å². The van der Waals surface area contributed by atoms with Crippen LogP contribution in [0.5, 0.6) is 0 Å². The number of halogens is 1. The standard InChI is InChI=1S/C13H18FN3/c1-13(2,3)7-8-17-11-9(14)5-4-6-10(11)16-12(17)15/h4-6H,7-8H2,1-3H3,(H2,15,16). The summed E-state index contributed by atoms with van der Waals surface area (Å²) < 4.78 is 15.5. The first-order valence-corrected chi connectivity index (χ1v) is 5.79. The van der Waals surface area contributed by atoms with E-state index in [-0.39, 0.29) is 11.2 Å². The minimum Gasteiger partial charge on any atom is -0.369 e. The molecule has 2 N–H and O–H groups in total. The van der Waals surface area contributed by atoms with Crippen LogP contribution in [0.3, 0.4) is 0 Å². The molecule has 17 heavy (non-hydrogen) atoms. The van der Waals surface area contributed by atoms with Crippen LogP contribution in [-0.2, 0) is 6.54 Å². The summed E-state index contributed by atoms with van der Waals surface area (Å²) >= 11 is 0. The van der Waals surface area contributed by atoms with E-state index < -0.39 is 0 Å². The molecule has 0 spiro atoms. The number of hydrogen-bond acceptors (Lipinski definition) is 2. The Labute approximate surface area is 100 Å². The maximum atomic E-state index is 13.8. The summed E-state index contributed by atoms with van der Waals surface area (Å²) in [5.41, 5.74) is 7.16. The zero-order valence-corrected chi connectivity index (χ0v) is 10.5. The maximum Gasteiger partial charge on any atom is 0.201 e. The summed E-state index contributed by atoms with van der Waals surface area (Å²) in [6.07, 6.45) is 0.928. The van der Waals surface area contributed by atoms with Gasteiger partial charge in [-0.25, -0.2) is 9.37 Å². The fourth-order valence-corrected chi connectivity index (χ4v) is 1.83. The number of anilines is 1. The second-order valence-electron chi connectivity index (χ2n) is 5.54. The Hall–Kier alpha value is -1.58. The van der Waals surface area contributed by atoms with Gasteiger partial charge in [0.15, 0.2) is 0 Å². The Kier molecular flexibility index (Phi) is 2.81. The van der Waals surface area contributed by atoms with Gasteiger partial charge in [0.25, 0.3) is 0 Å². The first kappa shape index (κ1) is 11.9. The molecule has 1 aromatic heterocycles. The number of benzene rings is 1. The highest BCUT2D eigenvalue weighted by Gasteiger charge is 2.15. The predicted molar refractivity (Wildman–Crippen MR) is 68.2 cm³/mol. The molecule has 0 radical (unpaired) electrons. The van der Waals surface area contributed by atoms with E-state index in [1.807, 2.05) is 0 Å². The lowest BCUT2D eigenvalue weighted by atomic mass is 9.92. The van der Waals surface area contributed by atoms with Crippen LogP contribution in [0, 0.1) is 11.2 Å². The molecule has 2 aromatic rings. The Morgan fingerprint density at radius 1 is 1.35 bits per heavy atom. The lowest BCUT2D eigenvalue weighted by Gasteiger charge is -2.18. The van der Waals surface area contributed by atoms with Gasteiger partial charge in [-0.15, -0.1) is 0 Å². The summed E-state index contributed by atoms with van der Waals surface area (Å²) in [5.74, 6) is 0.120. The molecule has 92 valence electrons. The molecule has 0 saturated heterocycles. The van der Waals surface area contributed by atoms with Crippen LogP contribution in [0.25, 0.3) is 11.0 Å². The van der Waals surface area contributed by atoms with Crippen molar-refractivity contribution in [2.45, 2.75) is 33.7 Å². The molecular weight excluding hydrogens is 217 g/mol. The highest BCUT2D eigenvalue weighted by molar-refractivity contribution is 5.78. The second-order valence-corrected chi connectivity index (χ2v) is 5.54. The van der Waals surface area contributed by atoms with E-state index in [2.05, 4.69) is 25.8 Å². The van der Waals surface area contributed by atoms with Crippen LogP contribution in [0.4, 0.5) is 10.3 Å². The molecule has 3 nitrogen and oxygen atoms in total. The largest absolute Gasteiger partial charge is 0.369 e. The Morgan fingerprint density at radius 3 is 2.71 bits per heavy atom. The molecule has 4 heteroatoms. The molecule has 1 aromatic carbocycles. The van der Waals surface area contributed by atoms with Crippen molar-refractivity contribution in [3.05, 3.63) is 24.0 Å². The number of nitrogen functional groups attached to an aromatic ring is 1. The second kappa shape index (κ2) is 4.02. The van der Waals surface area contributed by atoms with E-state index >= 15 is 0 Å². The molecule has 2 rings (SSSR count).